The van der Waals surface area contributed by atoms with Crippen LogP contribution in [0.4, 0.5) is 5.69 Å². The first kappa shape index (κ1) is 16.9. The number of aliphatic hydroxyl groups is 1. The van der Waals surface area contributed by atoms with Gasteiger partial charge in [0.25, 0.3) is 0 Å². The summed E-state index contributed by atoms with van der Waals surface area (Å²) in [6.45, 7) is 4.47. The number of nitrogen functional groups attached to an aromatic ring is 1. The number of benzene rings is 1. The molecule has 0 unspecified atom stereocenters. The first-order chi connectivity index (χ1) is 9.40. The Morgan fingerprint density at radius 1 is 1.30 bits per heavy atom. The summed E-state index contributed by atoms with van der Waals surface area (Å²) >= 11 is 0. The average molecular weight is 302 g/mol. The number of ether oxygens (including phenoxy) is 1. The van der Waals surface area contributed by atoms with Gasteiger partial charge < -0.3 is 15.6 Å². The summed E-state index contributed by atoms with van der Waals surface area (Å²) in [6, 6.07) is 3.40. The second-order valence-electron chi connectivity index (χ2n) is 4.51. The summed E-state index contributed by atoms with van der Waals surface area (Å²) < 4.78 is 32.1. The summed E-state index contributed by atoms with van der Waals surface area (Å²) in [6.07, 6.45) is 0.532. The third-order valence-electron chi connectivity index (χ3n) is 2.97. The van der Waals surface area contributed by atoms with Crippen LogP contribution in [0.25, 0.3) is 0 Å². The van der Waals surface area contributed by atoms with Crippen molar-refractivity contribution >= 4 is 15.7 Å². The number of nitrogens with one attached hydrogen (secondary N) is 1. The third-order valence-corrected chi connectivity index (χ3v) is 4.63. The SMILES string of the molecule is Cc1ccc(N)c(S(=O)(=O)NCCCOCCO)c1C. The molecule has 0 aliphatic carbocycles. The molecule has 1 rings (SSSR count). The molecule has 0 radical (unpaired) electrons. The number of anilines is 1. The monoisotopic (exact) mass is 302 g/mol. The van der Waals surface area contributed by atoms with Crippen LogP contribution < -0.4 is 10.5 Å². The number of rotatable bonds is 8. The lowest BCUT2D eigenvalue weighted by atomic mass is 10.1. The van der Waals surface area contributed by atoms with Crippen LogP contribution in [0.3, 0.4) is 0 Å². The minimum Gasteiger partial charge on any atom is -0.398 e. The standard InChI is InChI=1S/C13H22N2O4S/c1-10-4-5-12(14)13(11(10)2)20(17,18)15-6-3-8-19-9-7-16/h4-5,15-16H,3,6-9,14H2,1-2H3. The maximum absolute atomic E-state index is 12.2. The molecule has 20 heavy (non-hydrogen) atoms. The van der Waals surface area contributed by atoms with Gasteiger partial charge in [0, 0.05) is 13.2 Å². The molecule has 114 valence electrons. The van der Waals surface area contributed by atoms with Crippen molar-refractivity contribution in [3.63, 3.8) is 0 Å². The van der Waals surface area contributed by atoms with Crippen LogP contribution in [-0.4, -0.2) is 39.9 Å². The largest absolute Gasteiger partial charge is 0.398 e. The Bertz CT molecular complexity index is 544. The Morgan fingerprint density at radius 3 is 2.65 bits per heavy atom. The van der Waals surface area contributed by atoms with Crippen molar-refractivity contribution in [2.45, 2.75) is 25.2 Å². The van der Waals surface area contributed by atoms with Crippen LogP contribution in [0, 0.1) is 13.8 Å². The number of hydrogen-bond acceptors (Lipinski definition) is 5. The van der Waals surface area contributed by atoms with E-state index in [9.17, 15) is 8.42 Å². The molecule has 0 aliphatic rings. The number of nitrogens with two attached hydrogens (primary N) is 1. The van der Waals surface area contributed by atoms with Crippen LogP contribution in [-0.2, 0) is 14.8 Å². The molecule has 1 aromatic rings. The zero-order valence-corrected chi connectivity index (χ0v) is 12.7. The molecule has 0 heterocycles. The van der Waals surface area contributed by atoms with Gasteiger partial charge >= 0.3 is 0 Å². The van der Waals surface area contributed by atoms with E-state index in [2.05, 4.69) is 4.72 Å². The lowest BCUT2D eigenvalue weighted by Gasteiger charge is -2.13. The van der Waals surface area contributed by atoms with Crippen LogP contribution in [0.15, 0.2) is 17.0 Å². The molecule has 0 amide bonds. The van der Waals surface area contributed by atoms with Gasteiger partial charge in [-0.1, -0.05) is 6.07 Å². The molecule has 0 spiro atoms. The number of sulfonamides is 1. The molecule has 0 atom stereocenters. The highest BCUT2D eigenvalue weighted by Gasteiger charge is 2.20. The van der Waals surface area contributed by atoms with Gasteiger partial charge in [-0.3, -0.25) is 0 Å². The lowest BCUT2D eigenvalue weighted by molar-refractivity contribution is 0.0913. The van der Waals surface area contributed by atoms with Crippen LogP contribution >= 0.6 is 0 Å². The van der Waals surface area contributed by atoms with E-state index in [1.165, 1.54) is 0 Å². The topological polar surface area (TPSA) is 102 Å². The van der Waals surface area contributed by atoms with Crippen molar-refractivity contribution in [2.24, 2.45) is 0 Å². The van der Waals surface area contributed by atoms with Gasteiger partial charge in [0.2, 0.25) is 10.0 Å². The van der Waals surface area contributed by atoms with Crippen LogP contribution in [0.1, 0.15) is 17.5 Å². The smallest absolute Gasteiger partial charge is 0.242 e. The fraction of sp³-hybridized carbons (Fsp3) is 0.538. The Morgan fingerprint density at radius 2 is 2.00 bits per heavy atom. The van der Waals surface area contributed by atoms with Gasteiger partial charge in [-0.05, 0) is 37.5 Å². The molecular weight excluding hydrogens is 280 g/mol. The van der Waals surface area contributed by atoms with E-state index in [1.807, 2.05) is 6.92 Å². The van der Waals surface area contributed by atoms with Gasteiger partial charge in [-0.25, -0.2) is 13.1 Å². The lowest BCUT2D eigenvalue weighted by Crippen LogP contribution is -2.27. The fourth-order valence-corrected chi connectivity index (χ4v) is 3.29. The molecule has 0 saturated heterocycles. The quantitative estimate of drug-likeness (QED) is 0.481. The summed E-state index contributed by atoms with van der Waals surface area (Å²) in [4.78, 5) is 0.147. The van der Waals surface area contributed by atoms with E-state index in [1.54, 1.807) is 19.1 Å². The van der Waals surface area contributed by atoms with Gasteiger partial charge in [0.05, 0.1) is 18.9 Å². The second kappa shape index (κ2) is 7.58. The highest BCUT2D eigenvalue weighted by molar-refractivity contribution is 7.89. The molecule has 0 fully saturated rings. The van der Waals surface area contributed by atoms with Gasteiger partial charge in [-0.15, -0.1) is 0 Å². The minimum absolute atomic E-state index is 0.0370. The Labute approximate surface area is 120 Å². The highest BCUT2D eigenvalue weighted by Crippen LogP contribution is 2.24. The van der Waals surface area contributed by atoms with Gasteiger partial charge in [0.1, 0.15) is 4.90 Å². The maximum Gasteiger partial charge on any atom is 0.242 e. The predicted octanol–water partition coefficient (Wildman–Crippen LogP) is 0.563. The predicted molar refractivity (Wildman–Crippen MR) is 78.0 cm³/mol. The van der Waals surface area contributed by atoms with Crippen molar-refractivity contribution < 1.29 is 18.3 Å². The number of aliphatic hydroxyl groups excluding tert-OH is 1. The van der Waals surface area contributed by atoms with Crippen LogP contribution in [0.2, 0.25) is 0 Å². The van der Waals surface area contributed by atoms with Crippen molar-refractivity contribution in [1.82, 2.24) is 4.72 Å². The first-order valence-electron chi connectivity index (χ1n) is 6.44. The molecule has 6 nitrogen and oxygen atoms in total. The summed E-state index contributed by atoms with van der Waals surface area (Å²) in [5.41, 5.74) is 7.56. The average Bonchev–Trinajstić information content (AvgIpc) is 2.38. The summed E-state index contributed by atoms with van der Waals surface area (Å²) in [5.74, 6) is 0. The second-order valence-corrected chi connectivity index (χ2v) is 6.22. The molecular formula is C13H22N2O4S. The van der Waals surface area contributed by atoms with Crippen molar-refractivity contribution in [1.29, 1.82) is 0 Å². The van der Waals surface area contributed by atoms with Crippen molar-refractivity contribution in [3.8, 4) is 0 Å². The molecule has 0 aromatic heterocycles. The van der Waals surface area contributed by atoms with E-state index in [0.29, 0.717) is 18.6 Å². The van der Waals surface area contributed by atoms with E-state index >= 15 is 0 Å². The Kier molecular flexibility index (Phi) is 6.41. The summed E-state index contributed by atoms with van der Waals surface area (Å²) in [7, 11) is -3.62. The molecule has 0 bridgehead atoms. The first-order valence-corrected chi connectivity index (χ1v) is 7.92. The highest BCUT2D eigenvalue weighted by atomic mass is 32.2. The molecule has 1 aromatic carbocycles. The van der Waals surface area contributed by atoms with E-state index in [4.69, 9.17) is 15.6 Å². The zero-order valence-electron chi connectivity index (χ0n) is 11.8. The number of hydrogen-bond donors (Lipinski definition) is 3. The van der Waals surface area contributed by atoms with E-state index < -0.39 is 10.0 Å². The number of aryl methyl sites for hydroxylation is 1. The maximum atomic E-state index is 12.2. The summed E-state index contributed by atoms with van der Waals surface area (Å²) in [5, 5.41) is 8.54. The Hall–Kier alpha value is -1.15. The molecule has 7 heteroatoms. The molecule has 4 N–H and O–H groups in total. The molecule has 0 saturated carbocycles. The zero-order chi connectivity index (χ0) is 15.2. The fourth-order valence-electron chi connectivity index (χ4n) is 1.79. The van der Waals surface area contributed by atoms with Crippen LogP contribution in [0.5, 0.6) is 0 Å². The third kappa shape index (κ3) is 4.45. The van der Waals surface area contributed by atoms with Gasteiger partial charge in [-0.2, -0.15) is 0 Å². The van der Waals surface area contributed by atoms with E-state index in [-0.39, 0.29) is 30.3 Å². The minimum atomic E-state index is -3.62. The normalized spacial score (nSPS) is 11.8. The molecule has 0 aliphatic heterocycles. The van der Waals surface area contributed by atoms with Crippen molar-refractivity contribution in [2.75, 3.05) is 32.1 Å². The van der Waals surface area contributed by atoms with Gasteiger partial charge in [0.15, 0.2) is 0 Å². The van der Waals surface area contributed by atoms with Crippen molar-refractivity contribution in [3.05, 3.63) is 23.3 Å². The van der Waals surface area contributed by atoms with E-state index in [0.717, 1.165) is 5.56 Å². The Balaban J connectivity index is 2.68.